The molecule has 1 aromatic rings. The van der Waals surface area contributed by atoms with E-state index in [2.05, 4.69) is 37.8 Å². The van der Waals surface area contributed by atoms with Gasteiger partial charge in [-0.05, 0) is 37.5 Å². The molecule has 0 unspecified atom stereocenters. The van der Waals surface area contributed by atoms with Gasteiger partial charge in [0.05, 0.1) is 0 Å². The van der Waals surface area contributed by atoms with Crippen molar-refractivity contribution in [3.8, 4) is 0 Å². The number of hydrogen-bond acceptors (Lipinski definition) is 2. The lowest BCUT2D eigenvalue weighted by molar-refractivity contribution is 0.677. The summed E-state index contributed by atoms with van der Waals surface area (Å²) in [5, 5.41) is 0. The lowest BCUT2D eigenvalue weighted by Crippen LogP contribution is -2.26. The van der Waals surface area contributed by atoms with Gasteiger partial charge in [0.2, 0.25) is 0 Å². The highest BCUT2D eigenvalue weighted by atomic mass is 15.1. The first-order valence-electron chi connectivity index (χ1n) is 6.80. The third kappa shape index (κ3) is 3.95. The Bertz CT molecular complexity index is 326. The summed E-state index contributed by atoms with van der Waals surface area (Å²) in [5.41, 5.74) is 9.43. The van der Waals surface area contributed by atoms with Crippen molar-refractivity contribution in [1.82, 2.24) is 0 Å². The molecule has 0 fully saturated rings. The molecule has 1 aromatic carbocycles. The Balaban J connectivity index is 2.83. The van der Waals surface area contributed by atoms with Crippen LogP contribution in [0.2, 0.25) is 0 Å². The Kier molecular flexibility index (Phi) is 5.88. The van der Waals surface area contributed by atoms with Crippen molar-refractivity contribution in [2.45, 2.75) is 46.5 Å². The summed E-state index contributed by atoms with van der Waals surface area (Å²) in [6.45, 7) is 8.88. The van der Waals surface area contributed by atoms with E-state index in [0.717, 1.165) is 18.8 Å². The van der Waals surface area contributed by atoms with Gasteiger partial charge in [0.25, 0.3) is 0 Å². The number of nitrogen functional groups attached to an aromatic ring is 1. The van der Waals surface area contributed by atoms with E-state index in [4.69, 9.17) is 5.73 Å². The number of nitrogens with zero attached hydrogens (tertiary/aromatic N) is 1. The van der Waals surface area contributed by atoms with Crippen LogP contribution in [-0.2, 0) is 0 Å². The summed E-state index contributed by atoms with van der Waals surface area (Å²) >= 11 is 0. The second-order valence-corrected chi connectivity index (χ2v) is 4.69. The van der Waals surface area contributed by atoms with E-state index in [1.165, 1.54) is 36.9 Å². The second-order valence-electron chi connectivity index (χ2n) is 4.69. The Labute approximate surface area is 106 Å². The molecule has 0 saturated heterocycles. The fourth-order valence-electron chi connectivity index (χ4n) is 2.03. The third-order valence-corrected chi connectivity index (χ3v) is 3.25. The Hall–Kier alpha value is -1.18. The lowest BCUT2D eigenvalue weighted by Gasteiger charge is -2.27. The number of rotatable bonds is 7. The maximum atomic E-state index is 5.99. The summed E-state index contributed by atoms with van der Waals surface area (Å²) < 4.78 is 0. The molecule has 17 heavy (non-hydrogen) atoms. The molecule has 1 rings (SSSR count). The molecular weight excluding hydrogens is 208 g/mol. The van der Waals surface area contributed by atoms with E-state index < -0.39 is 0 Å². The van der Waals surface area contributed by atoms with Crippen LogP contribution in [0.25, 0.3) is 0 Å². The molecule has 0 aliphatic rings. The highest BCUT2D eigenvalue weighted by Gasteiger charge is 2.09. The van der Waals surface area contributed by atoms with Crippen LogP contribution in [0, 0.1) is 6.92 Å². The van der Waals surface area contributed by atoms with Crippen LogP contribution in [0.4, 0.5) is 11.4 Å². The van der Waals surface area contributed by atoms with Crippen LogP contribution < -0.4 is 10.6 Å². The predicted octanol–water partition coefficient (Wildman–Crippen LogP) is 3.98. The molecule has 0 aliphatic heterocycles. The summed E-state index contributed by atoms with van der Waals surface area (Å²) in [6, 6.07) is 6.23. The predicted molar refractivity (Wildman–Crippen MR) is 77.6 cm³/mol. The molecular formula is C15H26N2. The highest BCUT2D eigenvalue weighted by molar-refractivity contribution is 5.64. The minimum atomic E-state index is 0.903. The fourth-order valence-corrected chi connectivity index (χ4v) is 2.03. The lowest BCUT2D eigenvalue weighted by atomic mass is 10.1. The molecule has 0 amide bonds. The molecule has 96 valence electrons. The Morgan fingerprint density at radius 2 is 1.65 bits per heavy atom. The number of benzene rings is 1. The first kappa shape index (κ1) is 13.9. The SMILES string of the molecule is CCCCN(CCCC)c1cccc(N)c1C. The van der Waals surface area contributed by atoms with E-state index in [1.807, 2.05) is 6.07 Å². The summed E-state index contributed by atoms with van der Waals surface area (Å²) in [7, 11) is 0. The van der Waals surface area contributed by atoms with Gasteiger partial charge in [-0.25, -0.2) is 0 Å². The van der Waals surface area contributed by atoms with E-state index in [0.29, 0.717) is 0 Å². The summed E-state index contributed by atoms with van der Waals surface area (Å²) in [6.07, 6.45) is 4.98. The average Bonchev–Trinajstić information content (AvgIpc) is 2.34. The van der Waals surface area contributed by atoms with Gasteiger partial charge >= 0.3 is 0 Å². The van der Waals surface area contributed by atoms with Crippen molar-refractivity contribution in [2.24, 2.45) is 0 Å². The van der Waals surface area contributed by atoms with E-state index in [9.17, 15) is 0 Å². The van der Waals surface area contributed by atoms with Crippen molar-refractivity contribution >= 4 is 11.4 Å². The largest absolute Gasteiger partial charge is 0.398 e. The third-order valence-electron chi connectivity index (χ3n) is 3.25. The molecule has 0 saturated carbocycles. The molecule has 2 heteroatoms. The molecule has 0 atom stereocenters. The Morgan fingerprint density at radius 1 is 1.06 bits per heavy atom. The standard InChI is InChI=1S/C15H26N2/c1-4-6-11-17(12-7-5-2)15-10-8-9-14(16)13(15)3/h8-10H,4-7,11-12,16H2,1-3H3. The zero-order valence-electron chi connectivity index (χ0n) is 11.5. The van der Waals surface area contributed by atoms with Crippen LogP contribution in [0.15, 0.2) is 18.2 Å². The van der Waals surface area contributed by atoms with E-state index in [-0.39, 0.29) is 0 Å². The molecule has 0 heterocycles. The summed E-state index contributed by atoms with van der Waals surface area (Å²) in [4.78, 5) is 2.48. The van der Waals surface area contributed by atoms with Crippen LogP contribution in [0.1, 0.15) is 45.1 Å². The molecule has 0 bridgehead atoms. The summed E-state index contributed by atoms with van der Waals surface area (Å²) in [5.74, 6) is 0. The maximum Gasteiger partial charge on any atom is 0.0416 e. The maximum absolute atomic E-state index is 5.99. The zero-order chi connectivity index (χ0) is 12.7. The van der Waals surface area contributed by atoms with Crippen LogP contribution in [0.3, 0.4) is 0 Å². The quantitative estimate of drug-likeness (QED) is 0.723. The average molecular weight is 234 g/mol. The zero-order valence-corrected chi connectivity index (χ0v) is 11.5. The van der Waals surface area contributed by atoms with Gasteiger partial charge in [0.15, 0.2) is 0 Å². The van der Waals surface area contributed by atoms with Gasteiger partial charge in [-0.3, -0.25) is 0 Å². The minimum Gasteiger partial charge on any atom is -0.398 e. The van der Waals surface area contributed by atoms with Gasteiger partial charge in [-0.15, -0.1) is 0 Å². The van der Waals surface area contributed by atoms with E-state index in [1.54, 1.807) is 0 Å². The van der Waals surface area contributed by atoms with Crippen LogP contribution in [0.5, 0.6) is 0 Å². The van der Waals surface area contributed by atoms with E-state index >= 15 is 0 Å². The van der Waals surface area contributed by atoms with Crippen LogP contribution in [-0.4, -0.2) is 13.1 Å². The van der Waals surface area contributed by atoms with Gasteiger partial charge in [-0.1, -0.05) is 32.8 Å². The van der Waals surface area contributed by atoms with Crippen molar-refractivity contribution in [2.75, 3.05) is 23.7 Å². The first-order chi connectivity index (χ1) is 8.20. The Morgan fingerprint density at radius 3 is 2.18 bits per heavy atom. The second kappa shape index (κ2) is 7.21. The number of nitrogens with two attached hydrogens (primary N) is 1. The molecule has 0 aromatic heterocycles. The monoisotopic (exact) mass is 234 g/mol. The highest BCUT2D eigenvalue weighted by Crippen LogP contribution is 2.25. The first-order valence-corrected chi connectivity index (χ1v) is 6.80. The minimum absolute atomic E-state index is 0.903. The smallest absolute Gasteiger partial charge is 0.0416 e. The number of unbranched alkanes of at least 4 members (excludes halogenated alkanes) is 2. The van der Waals surface area contributed by atoms with Crippen molar-refractivity contribution in [3.05, 3.63) is 23.8 Å². The van der Waals surface area contributed by atoms with Crippen molar-refractivity contribution in [1.29, 1.82) is 0 Å². The molecule has 2 nitrogen and oxygen atoms in total. The van der Waals surface area contributed by atoms with Gasteiger partial charge in [0.1, 0.15) is 0 Å². The van der Waals surface area contributed by atoms with Crippen molar-refractivity contribution < 1.29 is 0 Å². The van der Waals surface area contributed by atoms with Crippen molar-refractivity contribution in [3.63, 3.8) is 0 Å². The van der Waals surface area contributed by atoms with Crippen LogP contribution >= 0.6 is 0 Å². The number of hydrogen-bond donors (Lipinski definition) is 1. The molecule has 0 aliphatic carbocycles. The fraction of sp³-hybridized carbons (Fsp3) is 0.600. The molecule has 2 N–H and O–H groups in total. The number of anilines is 2. The normalized spacial score (nSPS) is 10.5. The molecule has 0 radical (unpaired) electrons. The topological polar surface area (TPSA) is 29.3 Å². The van der Waals surface area contributed by atoms with Gasteiger partial charge < -0.3 is 10.6 Å². The van der Waals surface area contributed by atoms with Gasteiger partial charge in [-0.2, -0.15) is 0 Å². The van der Waals surface area contributed by atoms with Gasteiger partial charge in [0, 0.05) is 24.5 Å². The molecule has 0 spiro atoms.